The van der Waals surface area contributed by atoms with Gasteiger partial charge in [0.2, 0.25) is 5.91 Å². The average molecular weight is 439 g/mol. The maximum absolute atomic E-state index is 12.7. The zero-order valence-electron chi connectivity index (χ0n) is 18.5. The third-order valence-electron chi connectivity index (χ3n) is 5.54. The van der Waals surface area contributed by atoms with Crippen LogP contribution in [-0.2, 0) is 4.79 Å². The van der Waals surface area contributed by atoms with Crippen molar-refractivity contribution in [2.24, 2.45) is 0 Å². The molecule has 4 aromatic carbocycles. The molecular formula is C28H26N2O3. The molecular weight excluding hydrogens is 412 g/mol. The van der Waals surface area contributed by atoms with Crippen LogP contribution >= 0.6 is 0 Å². The second kappa shape index (κ2) is 10.5. The number of carbonyl (C=O) groups is 2. The number of ether oxygens (including phenoxy) is 1. The first-order valence-corrected chi connectivity index (χ1v) is 10.9. The van der Waals surface area contributed by atoms with E-state index in [1.807, 2.05) is 91.0 Å². The van der Waals surface area contributed by atoms with Crippen molar-refractivity contribution in [2.75, 3.05) is 13.7 Å². The zero-order chi connectivity index (χ0) is 23.0. The number of amides is 2. The fourth-order valence-electron chi connectivity index (χ4n) is 3.76. The van der Waals surface area contributed by atoms with Gasteiger partial charge in [-0.05, 0) is 46.2 Å². The van der Waals surface area contributed by atoms with E-state index in [1.54, 1.807) is 13.2 Å². The minimum absolute atomic E-state index is 0.140. The van der Waals surface area contributed by atoms with Crippen molar-refractivity contribution >= 4 is 22.6 Å². The molecule has 1 unspecified atom stereocenters. The summed E-state index contributed by atoms with van der Waals surface area (Å²) in [5.74, 6) is 0.426. The third kappa shape index (κ3) is 5.57. The SMILES string of the molecule is COc1ccc(C(NC(=O)CCNC(=O)c2ccc3ccccc3c2)c2ccccc2)cc1. The fourth-order valence-corrected chi connectivity index (χ4v) is 3.76. The lowest BCUT2D eigenvalue weighted by Gasteiger charge is -2.20. The smallest absolute Gasteiger partial charge is 0.251 e. The van der Waals surface area contributed by atoms with E-state index in [4.69, 9.17) is 4.74 Å². The minimum Gasteiger partial charge on any atom is -0.497 e. The molecule has 0 aromatic heterocycles. The van der Waals surface area contributed by atoms with Crippen LogP contribution < -0.4 is 15.4 Å². The largest absolute Gasteiger partial charge is 0.497 e. The molecule has 0 saturated carbocycles. The zero-order valence-corrected chi connectivity index (χ0v) is 18.5. The molecule has 0 aliphatic carbocycles. The molecule has 0 radical (unpaired) electrons. The van der Waals surface area contributed by atoms with Crippen LogP contribution in [-0.4, -0.2) is 25.5 Å². The Bertz CT molecular complexity index is 1240. The number of fused-ring (bicyclic) bond motifs is 1. The number of hydrogen-bond donors (Lipinski definition) is 2. The summed E-state index contributed by atoms with van der Waals surface area (Å²) in [4.78, 5) is 25.3. The van der Waals surface area contributed by atoms with Gasteiger partial charge in [-0.15, -0.1) is 0 Å². The van der Waals surface area contributed by atoms with E-state index >= 15 is 0 Å². The molecule has 5 nitrogen and oxygen atoms in total. The van der Waals surface area contributed by atoms with Gasteiger partial charge in [0, 0.05) is 18.5 Å². The molecule has 166 valence electrons. The molecule has 2 N–H and O–H groups in total. The van der Waals surface area contributed by atoms with Crippen LogP contribution in [0.25, 0.3) is 10.8 Å². The van der Waals surface area contributed by atoms with Gasteiger partial charge in [-0.2, -0.15) is 0 Å². The second-order valence-corrected chi connectivity index (χ2v) is 7.75. The number of methoxy groups -OCH3 is 1. The van der Waals surface area contributed by atoms with Crippen LogP contribution in [0.5, 0.6) is 5.75 Å². The lowest BCUT2D eigenvalue weighted by Crippen LogP contribution is -2.33. The average Bonchev–Trinajstić information content (AvgIpc) is 2.87. The fraction of sp³-hybridized carbons (Fsp3) is 0.143. The van der Waals surface area contributed by atoms with Crippen molar-refractivity contribution in [2.45, 2.75) is 12.5 Å². The Hall–Kier alpha value is -4.12. The van der Waals surface area contributed by atoms with Crippen LogP contribution in [0.1, 0.15) is 33.9 Å². The van der Waals surface area contributed by atoms with Gasteiger partial charge in [-0.1, -0.05) is 72.8 Å². The van der Waals surface area contributed by atoms with Gasteiger partial charge < -0.3 is 15.4 Å². The standard InChI is InChI=1S/C28H26N2O3/c1-33-25-15-13-22(14-16-25)27(21-8-3-2-4-9-21)30-26(31)17-18-29-28(32)24-12-11-20-7-5-6-10-23(20)19-24/h2-16,19,27H,17-18H2,1H3,(H,29,32)(H,30,31). The summed E-state index contributed by atoms with van der Waals surface area (Å²) in [6.45, 7) is 0.252. The van der Waals surface area contributed by atoms with Crippen molar-refractivity contribution in [3.63, 3.8) is 0 Å². The van der Waals surface area contributed by atoms with E-state index in [9.17, 15) is 9.59 Å². The predicted molar refractivity (Wildman–Crippen MR) is 130 cm³/mol. The Morgan fingerprint density at radius 1 is 0.788 bits per heavy atom. The quantitative estimate of drug-likeness (QED) is 0.412. The summed E-state index contributed by atoms with van der Waals surface area (Å²) in [6.07, 6.45) is 0.179. The van der Waals surface area contributed by atoms with E-state index in [0.29, 0.717) is 5.56 Å². The lowest BCUT2D eigenvalue weighted by molar-refractivity contribution is -0.121. The predicted octanol–water partition coefficient (Wildman–Crippen LogP) is 4.87. The highest BCUT2D eigenvalue weighted by Gasteiger charge is 2.17. The van der Waals surface area contributed by atoms with Gasteiger partial charge in [0.1, 0.15) is 5.75 Å². The Balaban J connectivity index is 1.38. The van der Waals surface area contributed by atoms with Gasteiger partial charge >= 0.3 is 0 Å². The summed E-state index contributed by atoms with van der Waals surface area (Å²) >= 11 is 0. The summed E-state index contributed by atoms with van der Waals surface area (Å²) in [5.41, 5.74) is 2.52. The maximum Gasteiger partial charge on any atom is 0.251 e. The molecule has 33 heavy (non-hydrogen) atoms. The Labute approximate surface area is 193 Å². The van der Waals surface area contributed by atoms with E-state index in [2.05, 4.69) is 10.6 Å². The maximum atomic E-state index is 12.7. The highest BCUT2D eigenvalue weighted by atomic mass is 16.5. The highest BCUT2D eigenvalue weighted by Crippen LogP contribution is 2.24. The molecule has 2 amide bonds. The van der Waals surface area contributed by atoms with E-state index < -0.39 is 0 Å². The van der Waals surface area contributed by atoms with Gasteiger partial charge in [-0.3, -0.25) is 9.59 Å². The van der Waals surface area contributed by atoms with Gasteiger partial charge in [-0.25, -0.2) is 0 Å². The Morgan fingerprint density at radius 2 is 1.45 bits per heavy atom. The summed E-state index contributed by atoms with van der Waals surface area (Å²) in [5, 5.41) is 8.03. The summed E-state index contributed by atoms with van der Waals surface area (Å²) < 4.78 is 5.24. The Morgan fingerprint density at radius 3 is 2.18 bits per heavy atom. The summed E-state index contributed by atoms with van der Waals surface area (Å²) in [6, 6.07) is 30.6. The molecule has 0 aliphatic rings. The van der Waals surface area contributed by atoms with Crippen molar-refractivity contribution in [3.8, 4) is 5.75 Å². The molecule has 4 rings (SSSR count). The van der Waals surface area contributed by atoms with E-state index in [0.717, 1.165) is 27.6 Å². The molecule has 0 saturated heterocycles. The van der Waals surface area contributed by atoms with Gasteiger partial charge in [0.15, 0.2) is 0 Å². The number of hydrogen-bond acceptors (Lipinski definition) is 3. The number of nitrogens with one attached hydrogen (secondary N) is 2. The van der Waals surface area contributed by atoms with Crippen LogP contribution in [0.15, 0.2) is 97.1 Å². The van der Waals surface area contributed by atoms with Crippen molar-refractivity contribution in [1.82, 2.24) is 10.6 Å². The van der Waals surface area contributed by atoms with Gasteiger partial charge in [0.25, 0.3) is 5.91 Å². The van der Waals surface area contributed by atoms with Crippen LogP contribution in [0.3, 0.4) is 0 Å². The topological polar surface area (TPSA) is 67.4 Å². The van der Waals surface area contributed by atoms with E-state index in [-0.39, 0.29) is 30.8 Å². The molecule has 5 heteroatoms. The molecule has 1 atom stereocenters. The third-order valence-corrected chi connectivity index (χ3v) is 5.54. The van der Waals surface area contributed by atoms with Crippen molar-refractivity contribution < 1.29 is 14.3 Å². The second-order valence-electron chi connectivity index (χ2n) is 7.75. The first-order chi connectivity index (χ1) is 16.1. The van der Waals surface area contributed by atoms with E-state index in [1.165, 1.54) is 0 Å². The molecule has 0 fully saturated rings. The Kier molecular flexibility index (Phi) is 7.00. The number of carbonyl (C=O) groups excluding carboxylic acids is 2. The van der Waals surface area contributed by atoms with Crippen molar-refractivity contribution in [1.29, 1.82) is 0 Å². The van der Waals surface area contributed by atoms with Crippen LogP contribution in [0.2, 0.25) is 0 Å². The minimum atomic E-state index is -0.291. The molecule has 0 spiro atoms. The molecule has 0 heterocycles. The number of benzene rings is 4. The van der Waals surface area contributed by atoms with Crippen LogP contribution in [0.4, 0.5) is 0 Å². The van der Waals surface area contributed by atoms with Crippen molar-refractivity contribution in [3.05, 3.63) is 114 Å². The first kappa shape index (κ1) is 22.1. The normalized spacial score (nSPS) is 11.5. The molecule has 0 aliphatic heterocycles. The highest BCUT2D eigenvalue weighted by molar-refractivity contribution is 5.98. The van der Waals surface area contributed by atoms with Crippen LogP contribution in [0, 0.1) is 0 Å². The van der Waals surface area contributed by atoms with Gasteiger partial charge in [0.05, 0.1) is 13.2 Å². The summed E-state index contributed by atoms with van der Waals surface area (Å²) in [7, 11) is 1.62. The lowest BCUT2D eigenvalue weighted by atomic mass is 9.98. The number of rotatable bonds is 8. The monoisotopic (exact) mass is 438 g/mol. The first-order valence-electron chi connectivity index (χ1n) is 10.9. The molecule has 4 aromatic rings. The molecule has 0 bridgehead atoms.